The van der Waals surface area contributed by atoms with E-state index >= 15 is 0 Å². The molecule has 0 spiro atoms. The maximum absolute atomic E-state index is 13.9. The average Bonchev–Trinajstić information content (AvgIpc) is 2.56. The monoisotopic (exact) mass is 409 g/mol. The van der Waals surface area contributed by atoms with Gasteiger partial charge in [-0.15, -0.1) is 24.8 Å². The molecule has 2 N–H and O–H groups in total. The molecule has 1 saturated carbocycles. The van der Waals surface area contributed by atoms with Crippen LogP contribution < -0.4 is 10.6 Å². The molecule has 1 aliphatic heterocycles. The van der Waals surface area contributed by atoms with E-state index in [4.69, 9.17) is 5.73 Å². The molecule has 1 aromatic rings. The molecule has 1 heterocycles. The van der Waals surface area contributed by atoms with Crippen molar-refractivity contribution in [3.63, 3.8) is 0 Å². The fraction of sp³-hybridized carbons (Fsp3) is 0.611. The van der Waals surface area contributed by atoms with E-state index in [0.717, 1.165) is 37.8 Å². The highest BCUT2D eigenvalue weighted by Gasteiger charge is 2.40. The van der Waals surface area contributed by atoms with Crippen molar-refractivity contribution in [1.29, 1.82) is 0 Å². The van der Waals surface area contributed by atoms with E-state index < -0.39 is 17.2 Å². The van der Waals surface area contributed by atoms with Gasteiger partial charge in [0, 0.05) is 37.8 Å². The zero-order valence-electron chi connectivity index (χ0n) is 14.9. The Morgan fingerprint density at radius 3 is 2.42 bits per heavy atom. The summed E-state index contributed by atoms with van der Waals surface area (Å²) in [7, 11) is 0. The molecule has 148 valence electrons. The van der Waals surface area contributed by atoms with Crippen molar-refractivity contribution in [2.45, 2.75) is 38.1 Å². The average molecular weight is 410 g/mol. The quantitative estimate of drug-likeness (QED) is 0.814. The van der Waals surface area contributed by atoms with E-state index in [1.165, 1.54) is 6.07 Å². The number of carbonyl (C=O) groups excluding carboxylic acids is 1. The van der Waals surface area contributed by atoms with Gasteiger partial charge in [0.1, 0.15) is 11.6 Å². The highest BCUT2D eigenvalue weighted by atomic mass is 35.5. The van der Waals surface area contributed by atoms with Gasteiger partial charge in [-0.25, -0.2) is 8.78 Å². The summed E-state index contributed by atoms with van der Waals surface area (Å²) in [6.45, 7) is 4.00. The fourth-order valence-corrected chi connectivity index (χ4v) is 3.88. The highest BCUT2D eigenvalue weighted by Crippen LogP contribution is 2.33. The summed E-state index contributed by atoms with van der Waals surface area (Å²) in [4.78, 5) is 16.5. The van der Waals surface area contributed by atoms with Crippen LogP contribution in [0.25, 0.3) is 0 Å². The first-order chi connectivity index (χ1) is 11.4. The zero-order chi connectivity index (χ0) is 17.3. The standard InChI is InChI=1S/C18H25F2N3O.2ClH/c1-18(21)7-3-2-4-14(18)17(24)23-10-8-22(9-11-23)16-12-13(19)5-6-15(16)20;;/h5-6,12,14H,2-4,7-11,21H2,1H3;2*1H. The van der Waals surface area contributed by atoms with Gasteiger partial charge in [-0.05, 0) is 31.9 Å². The molecule has 0 bridgehead atoms. The number of rotatable bonds is 2. The van der Waals surface area contributed by atoms with Crippen molar-refractivity contribution in [3.8, 4) is 0 Å². The first-order valence-electron chi connectivity index (χ1n) is 8.66. The maximum atomic E-state index is 13.9. The first-order valence-corrected chi connectivity index (χ1v) is 8.66. The Hall–Kier alpha value is -1.11. The van der Waals surface area contributed by atoms with Crippen molar-refractivity contribution in [3.05, 3.63) is 29.8 Å². The number of nitrogens with two attached hydrogens (primary N) is 1. The van der Waals surface area contributed by atoms with E-state index in [1.807, 2.05) is 11.8 Å². The van der Waals surface area contributed by atoms with E-state index in [1.54, 1.807) is 4.90 Å². The van der Waals surface area contributed by atoms with Gasteiger partial charge in [-0.2, -0.15) is 0 Å². The minimum absolute atomic E-state index is 0. The Balaban J connectivity index is 0.00000169. The van der Waals surface area contributed by atoms with Crippen LogP contribution in [0.1, 0.15) is 32.6 Å². The number of amides is 1. The number of hydrogen-bond donors (Lipinski definition) is 1. The molecule has 8 heteroatoms. The van der Waals surface area contributed by atoms with E-state index in [9.17, 15) is 13.6 Å². The summed E-state index contributed by atoms with van der Waals surface area (Å²) in [5.41, 5.74) is 6.16. The molecule has 0 radical (unpaired) electrons. The summed E-state index contributed by atoms with van der Waals surface area (Å²) in [6.07, 6.45) is 3.82. The molecule has 2 unspecified atom stereocenters. The van der Waals surface area contributed by atoms with E-state index in [0.29, 0.717) is 26.2 Å². The third-order valence-corrected chi connectivity index (χ3v) is 5.39. The Morgan fingerprint density at radius 1 is 1.15 bits per heavy atom. The summed E-state index contributed by atoms with van der Waals surface area (Å²) in [5.74, 6) is -0.910. The summed E-state index contributed by atoms with van der Waals surface area (Å²) < 4.78 is 27.3. The van der Waals surface area contributed by atoms with Crippen molar-refractivity contribution < 1.29 is 13.6 Å². The molecule has 2 fully saturated rings. The van der Waals surface area contributed by atoms with Gasteiger partial charge in [0.05, 0.1) is 11.6 Å². The first kappa shape index (κ1) is 22.9. The van der Waals surface area contributed by atoms with Gasteiger partial charge in [0.2, 0.25) is 5.91 Å². The number of anilines is 1. The van der Waals surface area contributed by atoms with Crippen LogP contribution in [0, 0.1) is 17.6 Å². The smallest absolute Gasteiger partial charge is 0.227 e. The Morgan fingerprint density at radius 2 is 1.81 bits per heavy atom. The molecule has 26 heavy (non-hydrogen) atoms. The molecule has 2 aliphatic rings. The lowest BCUT2D eigenvalue weighted by atomic mass is 9.74. The second-order valence-corrected chi connectivity index (χ2v) is 7.21. The molecule has 0 aromatic heterocycles. The van der Waals surface area contributed by atoms with Gasteiger partial charge in [0.15, 0.2) is 0 Å². The highest BCUT2D eigenvalue weighted by molar-refractivity contribution is 5.85. The van der Waals surface area contributed by atoms with Crippen molar-refractivity contribution in [1.82, 2.24) is 4.90 Å². The van der Waals surface area contributed by atoms with Crippen LogP contribution in [0.15, 0.2) is 18.2 Å². The van der Waals surface area contributed by atoms with Crippen LogP contribution in [0.3, 0.4) is 0 Å². The van der Waals surface area contributed by atoms with E-state index in [2.05, 4.69) is 0 Å². The lowest BCUT2D eigenvalue weighted by molar-refractivity contribution is -0.139. The number of nitrogens with zero attached hydrogens (tertiary/aromatic N) is 2. The van der Waals surface area contributed by atoms with Crippen LogP contribution in [-0.4, -0.2) is 42.5 Å². The van der Waals surface area contributed by atoms with Gasteiger partial charge in [0.25, 0.3) is 0 Å². The zero-order valence-corrected chi connectivity index (χ0v) is 16.6. The summed E-state index contributed by atoms with van der Waals surface area (Å²) >= 11 is 0. The Labute approximate surface area is 165 Å². The van der Waals surface area contributed by atoms with Gasteiger partial charge in [-0.1, -0.05) is 12.8 Å². The Bertz CT molecular complexity index is 622. The number of hydrogen-bond acceptors (Lipinski definition) is 3. The van der Waals surface area contributed by atoms with Gasteiger partial charge < -0.3 is 15.5 Å². The molecule has 1 saturated heterocycles. The van der Waals surface area contributed by atoms with E-state index in [-0.39, 0.29) is 42.3 Å². The molecule has 1 aromatic carbocycles. The topological polar surface area (TPSA) is 49.6 Å². The number of piperazine rings is 1. The predicted molar refractivity (Wildman–Crippen MR) is 104 cm³/mol. The fourth-order valence-electron chi connectivity index (χ4n) is 3.88. The summed E-state index contributed by atoms with van der Waals surface area (Å²) in [5, 5.41) is 0. The van der Waals surface area contributed by atoms with Crippen LogP contribution in [-0.2, 0) is 4.79 Å². The predicted octanol–water partition coefficient (Wildman–Crippen LogP) is 3.36. The van der Waals surface area contributed by atoms with Crippen molar-refractivity contribution in [2.75, 3.05) is 31.1 Å². The number of carbonyl (C=O) groups is 1. The van der Waals surface area contributed by atoms with Gasteiger partial charge in [-0.3, -0.25) is 4.79 Å². The minimum Gasteiger partial charge on any atom is -0.366 e. The lowest BCUT2D eigenvalue weighted by Crippen LogP contribution is -2.57. The largest absolute Gasteiger partial charge is 0.366 e. The van der Waals surface area contributed by atoms with Crippen LogP contribution in [0.4, 0.5) is 14.5 Å². The number of halogens is 4. The SMILES string of the molecule is CC1(N)CCCCC1C(=O)N1CCN(c2cc(F)ccc2F)CC1.Cl.Cl. The van der Waals surface area contributed by atoms with Crippen LogP contribution in [0.5, 0.6) is 0 Å². The molecular formula is C18H27Cl2F2N3O. The van der Waals surface area contributed by atoms with Crippen LogP contribution >= 0.6 is 24.8 Å². The Kier molecular flexibility index (Phi) is 8.11. The molecule has 4 nitrogen and oxygen atoms in total. The van der Waals surface area contributed by atoms with Gasteiger partial charge >= 0.3 is 0 Å². The third kappa shape index (κ3) is 4.78. The molecule has 3 rings (SSSR count). The second kappa shape index (κ2) is 9.20. The van der Waals surface area contributed by atoms with Crippen LogP contribution in [0.2, 0.25) is 0 Å². The lowest BCUT2D eigenvalue weighted by Gasteiger charge is -2.42. The minimum atomic E-state index is -0.453. The maximum Gasteiger partial charge on any atom is 0.227 e. The second-order valence-electron chi connectivity index (χ2n) is 7.21. The number of benzene rings is 1. The van der Waals surface area contributed by atoms with Crippen molar-refractivity contribution in [2.24, 2.45) is 11.7 Å². The molecular weight excluding hydrogens is 383 g/mol. The van der Waals surface area contributed by atoms with Crippen molar-refractivity contribution >= 4 is 36.4 Å². The molecule has 1 amide bonds. The normalized spacial score (nSPS) is 25.9. The molecule has 1 aliphatic carbocycles. The third-order valence-electron chi connectivity index (χ3n) is 5.39. The molecule has 2 atom stereocenters. The summed E-state index contributed by atoms with van der Waals surface area (Å²) in [6, 6.07) is 3.47.